The van der Waals surface area contributed by atoms with Gasteiger partial charge in [-0.3, -0.25) is 4.79 Å². The summed E-state index contributed by atoms with van der Waals surface area (Å²) < 4.78 is 25.9. The van der Waals surface area contributed by atoms with E-state index in [0.29, 0.717) is 12.2 Å². The summed E-state index contributed by atoms with van der Waals surface area (Å²) in [5.41, 5.74) is 0. The molecule has 0 rings (SSSR count). The Morgan fingerprint density at radius 2 is 2.00 bits per heavy atom. The van der Waals surface area contributed by atoms with Crippen molar-refractivity contribution in [3.05, 3.63) is 0 Å². The van der Waals surface area contributed by atoms with E-state index in [2.05, 4.69) is 16.8 Å². The summed E-state index contributed by atoms with van der Waals surface area (Å²) in [5.74, 6) is -0.565. The van der Waals surface area contributed by atoms with Gasteiger partial charge in [0.25, 0.3) is 0 Å². The summed E-state index contributed by atoms with van der Waals surface area (Å²) in [5, 5.41) is 0. The van der Waals surface area contributed by atoms with Gasteiger partial charge in [-0.2, -0.15) is 21.0 Å². The van der Waals surface area contributed by atoms with Crippen LogP contribution >= 0.6 is 12.6 Å². The molecule has 0 aliphatic rings. The number of hydrogen-bond donors (Lipinski definition) is 1. The van der Waals surface area contributed by atoms with Crippen LogP contribution < -0.4 is 0 Å². The molecule has 0 aromatic carbocycles. The topological polar surface area (TPSA) is 60.4 Å². The molecular formula is C6H13NaO4S2. The Balaban J connectivity index is 0. The summed E-state index contributed by atoms with van der Waals surface area (Å²) in [7, 11) is -3.64. The Morgan fingerprint density at radius 1 is 1.46 bits per heavy atom. The molecule has 74 valence electrons. The Hall–Kier alpha value is 0.770. The summed E-state index contributed by atoms with van der Waals surface area (Å²) in [6.45, 7) is 1.70. The van der Waals surface area contributed by atoms with Crippen LogP contribution in [0.4, 0.5) is 0 Å². The van der Waals surface area contributed by atoms with E-state index in [1.54, 1.807) is 6.92 Å². The molecule has 0 amide bonds. The van der Waals surface area contributed by atoms with E-state index < -0.39 is 16.1 Å². The van der Waals surface area contributed by atoms with Gasteiger partial charge in [0.15, 0.2) is 0 Å². The number of hydrogen-bond acceptors (Lipinski definition) is 5. The van der Waals surface area contributed by atoms with Crippen LogP contribution in [-0.4, -0.2) is 55.5 Å². The Kier molecular flexibility index (Phi) is 10.1. The second-order valence-electron chi connectivity index (χ2n) is 2.19. The third-order valence-corrected chi connectivity index (χ3v) is 2.56. The molecule has 0 aromatic heterocycles. The normalized spacial score (nSPS) is 10.3. The molecule has 13 heavy (non-hydrogen) atoms. The van der Waals surface area contributed by atoms with Gasteiger partial charge >= 0.3 is 45.6 Å². The molecular weight excluding hydrogens is 223 g/mol. The third-order valence-electron chi connectivity index (χ3n) is 0.990. The molecule has 0 radical (unpaired) electrons. The van der Waals surface area contributed by atoms with Crippen molar-refractivity contribution in [2.24, 2.45) is 0 Å². The van der Waals surface area contributed by atoms with Crippen LogP contribution in [0.15, 0.2) is 0 Å². The molecule has 0 unspecified atom stereocenters. The Labute approximate surface area is 106 Å². The van der Waals surface area contributed by atoms with Crippen molar-refractivity contribution in [3.63, 3.8) is 0 Å². The van der Waals surface area contributed by atoms with Crippen LogP contribution in [0.1, 0.15) is 19.8 Å². The second kappa shape index (κ2) is 8.11. The SMILES string of the molecule is CCCS(=O)(=O)OC(=O)CCS.[NaH]. The van der Waals surface area contributed by atoms with E-state index in [-0.39, 0.29) is 41.7 Å². The van der Waals surface area contributed by atoms with Crippen molar-refractivity contribution in [2.45, 2.75) is 19.8 Å². The third kappa shape index (κ3) is 9.08. The van der Waals surface area contributed by atoms with Gasteiger partial charge in [0.2, 0.25) is 0 Å². The van der Waals surface area contributed by atoms with Gasteiger partial charge in [-0.25, -0.2) is 0 Å². The molecule has 4 nitrogen and oxygen atoms in total. The van der Waals surface area contributed by atoms with E-state index >= 15 is 0 Å². The van der Waals surface area contributed by atoms with Gasteiger partial charge < -0.3 is 4.18 Å². The molecule has 0 heterocycles. The van der Waals surface area contributed by atoms with Gasteiger partial charge in [0.1, 0.15) is 0 Å². The first-order valence-electron chi connectivity index (χ1n) is 3.57. The van der Waals surface area contributed by atoms with Crippen molar-refractivity contribution >= 4 is 58.3 Å². The van der Waals surface area contributed by atoms with E-state index in [1.807, 2.05) is 0 Å². The number of carbonyl (C=O) groups excluding carboxylic acids is 1. The average molecular weight is 236 g/mol. The summed E-state index contributed by atoms with van der Waals surface area (Å²) >= 11 is 3.77. The van der Waals surface area contributed by atoms with Crippen LogP contribution in [0.25, 0.3) is 0 Å². The fraction of sp³-hybridized carbons (Fsp3) is 0.833. The zero-order valence-corrected chi connectivity index (χ0v) is 8.53. The fourth-order valence-electron chi connectivity index (χ4n) is 0.566. The van der Waals surface area contributed by atoms with E-state index in [9.17, 15) is 13.2 Å². The second-order valence-corrected chi connectivity index (χ2v) is 4.33. The van der Waals surface area contributed by atoms with Crippen LogP contribution in [0, 0.1) is 0 Å². The predicted octanol–water partition coefficient (Wildman–Crippen LogP) is -0.0592. The number of carbonyl (C=O) groups is 1. The molecule has 0 aromatic rings. The maximum atomic E-state index is 10.8. The van der Waals surface area contributed by atoms with Crippen LogP contribution in [0.5, 0.6) is 0 Å². The summed E-state index contributed by atoms with van der Waals surface area (Å²) in [6.07, 6.45) is 0.461. The molecule has 7 heteroatoms. The fourth-order valence-corrected chi connectivity index (χ4v) is 1.70. The molecule has 0 aliphatic heterocycles. The van der Waals surface area contributed by atoms with Gasteiger partial charge in [0.05, 0.1) is 12.2 Å². The molecule has 0 saturated heterocycles. The molecule has 0 spiro atoms. The van der Waals surface area contributed by atoms with Crippen LogP contribution in [-0.2, 0) is 19.1 Å². The van der Waals surface area contributed by atoms with Gasteiger partial charge in [0, 0.05) is 5.75 Å². The van der Waals surface area contributed by atoms with Crippen molar-refractivity contribution in [3.8, 4) is 0 Å². The summed E-state index contributed by atoms with van der Waals surface area (Å²) in [6, 6.07) is 0. The molecule has 0 bridgehead atoms. The minimum atomic E-state index is -3.64. The number of rotatable bonds is 5. The average Bonchev–Trinajstić information content (AvgIpc) is 1.85. The number of thiol groups is 1. The van der Waals surface area contributed by atoms with Crippen LogP contribution in [0.2, 0.25) is 0 Å². The first-order valence-corrected chi connectivity index (χ1v) is 5.78. The monoisotopic (exact) mass is 236 g/mol. The first-order chi connectivity index (χ1) is 5.52. The quantitative estimate of drug-likeness (QED) is 0.413. The van der Waals surface area contributed by atoms with Crippen molar-refractivity contribution in [1.29, 1.82) is 0 Å². The molecule has 0 saturated carbocycles. The molecule has 0 aliphatic carbocycles. The Morgan fingerprint density at radius 3 is 2.38 bits per heavy atom. The van der Waals surface area contributed by atoms with Crippen LogP contribution in [0.3, 0.4) is 0 Å². The van der Waals surface area contributed by atoms with Gasteiger partial charge in [-0.15, -0.1) is 0 Å². The minimum absolute atomic E-state index is 0. The standard InChI is InChI=1S/C6H12O4S2.Na.H/c1-2-5-12(8,9)10-6(7)3-4-11;;/h11H,2-5H2,1H3;;. The van der Waals surface area contributed by atoms with Crippen molar-refractivity contribution < 1.29 is 17.4 Å². The molecule has 0 N–H and O–H groups in total. The van der Waals surface area contributed by atoms with Gasteiger partial charge in [-0.05, 0) is 6.42 Å². The zero-order chi connectivity index (χ0) is 9.61. The van der Waals surface area contributed by atoms with Gasteiger partial charge in [-0.1, -0.05) is 6.92 Å². The maximum absolute atomic E-state index is 10.8. The van der Waals surface area contributed by atoms with E-state index in [0.717, 1.165) is 0 Å². The van der Waals surface area contributed by atoms with E-state index in [4.69, 9.17) is 0 Å². The first kappa shape index (κ1) is 16.2. The van der Waals surface area contributed by atoms with Crippen molar-refractivity contribution in [2.75, 3.05) is 11.5 Å². The predicted molar refractivity (Wildman–Crippen MR) is 55.8 cm³/mol. The zero-order valence-electron chi connectivity index (χ0n) is 6.82. The van der Waals surface area contributed by atoms with Crippen molar-refractivity contribution in [1.82, 2.24) is 0 Å². The summed E-state index contributed by atoms with van der Waals surface area (Å²) in [4.78, 5) is 10.7. The molecule has 0 atom stereocenters. The van der Waals surface area contributed by atoms with E-state index in [1.165, 1.54) is 0 Å². The Bertz CT molecular complexity index is 237. The molecule has 0 fully saturated rings.